The van der Waals surface area contributed by atoms with Crippen LogP contribution in [0.3, 0.4) is 0 Å². The minimum Gasteiger partial charge on any atom is -0.496 e. The molecule has 18 heavy (non-hydrogen) atoms. The van der Waals surface area contributed by atoms with Crippen LogP contribution in [-0.4, -0.2) is 25.6 Å². The molecule has 0 heterocycles. The quantitative estimate of drug-likeness (QED) is 0.810. The molecule has 1 aromatic carbocycles. The lowest BCUT2D eigenvalue weighted by Crippen LogP contribution is -2.38. The minimum absolute atomic E-state index is 0.0119. The molecule has 0 bridgehead atoms. The van der Waals surface area contributed by atoms with Crippen LogP contribution in [0.4, 0.5) is 0 Å². The number of carbonyl (C=O) groups excluding carboxylic acids is 1. The molecule has 0 aliphatic heterocycles. The van der Waals surface area contributed by atoms with Gasteiger partial charge in [-0.3, -0.25) is 4.79 Å². The van der Waals surface area contributed by atoms with Gasteiger partial charge in [0.25, 0.3) is 0 Å². The highest BCUT2D eigenvalue weighted by molar-refractivity contribution is 5.78. The van der Waals surface area contributed by atoms with Crippen molar-refractivity contribution < 1.29 is 9.53 Å². The van der Waals surface area contributed by atoms with Gasteiger partial charge in [0.15, 0.2) is 0 Å². The molecule has 0 aliphatic rings. The number of hydrogen-bond acceptors (Lipinski definition) is 3. The van der Waals surface area contributed by atoms with Gasteiger partial charge in [0.1, 0.15) is 5.75 Å². The second-order valence-electron chi connectivity index (χ2n) is 4.57. The van der Waals surface area contributed by atoms with Crippen LogP contribution in [0.1, 0.15) is 32.4 Å². The van der Waals surface area contributed by atoms with Crippen molar-refractivity contribution in [3.8, 4) is 5.75 Å². The Kier molecular flexibility index (Phi) is 5.65. The maximum absolute atomic E-state index is 11.7. The topological polar surface area (TPSA) is 50.4 Å². The van der Waals surface area contributed by atoms with E-state index >= 15 is 0 Å². The molecule has 0 spiro atoms. The molecule has 100 valence electrons. The highest BCUT2D eigenvalue weighted by Crippen LogP contribution is 2.23. The summed E-state index contributed by atoms with van der Waals surface area (Å²) in [4.78, 5) is 11.7. The van der Waals surface area contributed by atoms with Crippen LogP contribution in [0.2, 0.25) is 0 Å². The molecule has 1 rings (SSSR count). The third-order valence-electron chi connectivity index (χ3n) is 2.65. The molecular weight excluding hydrogens is 228 g/mol. The number of rotatable bonds is 6. The van der Waals surface area contributed by atoms with Crippen LogP contribution in [0.15, 0.2) is 24.3 Å². The van der Waals surface area contributed by atoms with Crippen molar-refractivity contribution in [1.82, 2.24) is 10.6 Å². The molecular formula is C14H22N2O2. The zero-order chi connectivity index (χ0) is 13.5. The molecule has 0 radical (unpaired) electrons. The van der Waals surface area contributed by atoms with Gasteiger partial charge >= 0.3 is 0 Å². The zero-order valence-electron chi connectivity index (χ0n) is 11.5. The summed E-state index contributed by atoms with van der Waals surface area (Å²) in [5.41, 5.74) is 0.984. The first-order valence-corrected chi connectivity index (χ1v) is 6.20. The highest BCUT2D eigenvalue weighted by atomic mass is 16.5. The van der Waals surface area contributed by atoms with Crippen molar-refractivity contribution in [1.29, 1.82) is 0 Å². The van der Waals surface area contributed by atoms with Crippen molar-refractivity contribution in [2.45, 2.75) is 32.9 Å². The lowest BCUT2D eigenvalue weighted by Gasteiger charge is -2.17. The first-order valence-electron chi connectivity index (χ1n) is 6.20. The normalized spacial score (nSPS) is 12.3. The van der Waals surface area contributed by atoms with Crippen molar-refractivity contribution in [3.63, 3.8) is 0 Å². The lowest BCUT2D eigenvalue weighted by atomic mass is 10.1. The predicted molar refractivity (Wildman–Crippen MR) is 72.7 cm³/mol. The van der Waals surface area contributed by atoms with Gasteiger partial charge in [-0.1, -0.05) is 32.0 Å². The van der Waals surface area contributed by atoms with E-state index in [4.69, 9.17) is 4.74 Å². The van der Waals surface area contributed by atoms with E-state index in [1.54, 1.807) is 7.11 Å². The average molecular weight is 250 g/mol. The average Bonchev–Trinajstić information content (AvgIpc) is 2.36. The van der Waals surface area contributed by atoms with Crippen molar-refractivity contribution >= 4 is 5.91 Å². The van der Waals surface area contributed by atoms with E-state index < -0.39 is 0 Å². The summed E-state index contributed by atoms with van der Waals surface area (Å²) in [6.07, 6.45) is 0. The number of carbonyl (C=O) groups is 1. The Bertz CT molecular complexity index is 391. The molecule has 4 heteroatoms. The number of hydrogen-bond donors (Lipinski definition) is 2. The van der Waals surface area contributed by atoms with Crippen LogP contribution >= 0.6 is 0 Å². The van der Waals surface area contributed by atoms with E-state index in [1.165, 1.54) is 0 Å². The van der Waals surface area contributed by atoms with Crippen molar-refractivity contribution in [2.75, 3.05) is 13.7 Å². The molecule has 0 aliphatic carbocycles. The fraction of sp³-hybridized carbons (Fsp3) is 0.500. The summed E-state index contributed by atoms with van der Waals surface area (Å²) in [6.45, 7) is 6.30. The Morgan fingerprint density at radius 1 is 1.28 bits per heavy atom. The Morgan fingerprint density at radius 3 is 2.56 bits per heavy atom. The largest absolute Gasteiger partial charge is 0.496 e. The van der Waals surface area contributed by atoms with Gasteiger partial charge in [0, 0.05) is 11.6 Å². The van der Waals surface area contributed by atoms with Crippen molar-refractivity contribution in [2.24, 2.45) is 0 Å². The molecule has 2 N–H and O–H groups in total. The van der Waals surface area contributed by atoms with Gasteiger partial charge in [-0.25, -0.2) is 0 Å². The number of para-hydroxylation sites is 1. The van der Waals surface area contributed by atoms with Crippen LogP contribution in [0.25, 0.3) is 0 Å². The van der Waals surface area contributed by atoms with Gasteiger partial charge in [0.05, 0.1) is 19.7 Å². The molecule has 0 fully saturated rings. The van der Waals surface area contributed by atoms with Crippen LogP contribution in [0.5, 0.6) is 5.75 Å². The standard InChI is InChI=1S/C14H22N2O2/c1-10(2)15-9-14(17)16-11(3)12-7-5-6-8-13(12)18-4/h5-8,10-11,15H,9H2,1-4H3,(H,16,17)/t11-/m1/s1. The van der Waals surface area contributed by atoms with E-state index in [0.717, 1.165) is 11.3 Å². The fourth-order valence-electron chi connectivity index (χ4n) is 1.69. The monoisotopic (exact) mass is 250 g/mol. The van der Waals surface area contributed by atoms with Crippen LogP contribution < -0.4 is 15.4 Å². The van der Waals surface area contributed by atoms with Gasteiger partial charge < -0.3 is 15.4 Å². The second kappa shape index (κ2) is 7.01. The predicted octanol–water partition coefficient (Wildman–Crippen LogP) is 1.87. The van der Waals surface area contributed by atoms with Gasteiger partial charge in [0.2, 0.25) is 5.91 Å². The Hall–Kier alpha value is -1.55. The van der Waals surface area contributed by atoms with E-state index in [0.29, 0.717) is 12.6 Å². The number of methoxy groups -OCH3 is 1. The SMILES string of the molecule is COc1ccccc1[C@@H](C)NC(=O)CNC(C)C. The molecule has 0 saturated carbocycles. The van der Waals surface area contributed by atoms with Crippen LogP contribution in [0, 0.1) is 0 Å². The zero-order valence-corrected chi connectivity index (χ0v) is 11.5. The third kappa shape index (κ3) is 4.37. The Balaban J connectivity index is 2.59. The third-order valence-corrected chi connectivity index (χ3v) is 2.65. The fourth-order valence-corrected chi connectivity index (χ4v) is 1.69. The first kappa shape index (κ1) is 14.5. The molecule has 0 aromatic heterocycles. The molecule has 0 saturated heterocycles. The maximum Gasteiger partial charge on any atom is 0.234 e. The summed E-state index contributed by atoms with van der Waals surface area (Å²) in [5.74, 6) is 0.782. The Morgan fingerprint density at radius 2 is 1.94 bits per heavy atom. The number of amides is 1. The van der Waals surface area contributed by atoms with E-state index in [2.05, 4.69) is 10.6 Å². The first-order chi connectivity index (χ1) is 8.54. The van der Waals surface area contributed by atoms with E-state index in [-0.39, 0.29) is 11.9 Å². The summed E-state index contributed by atoms with van der Waals surface area (Å²) < 4.78 is 5.28. The van der Waals surface area contributed by atoms with Gasteiger partial charge in [-0.05, 0) is 13.0 Å². The number of benzene rings is 1. The molecule has 1 aromatic rings. The molecule has 1 atom stereocenters. The summed E-state index contributed by atoms with van der Waals surface area (Å²) in [6, 6.07) is 7.94. The minimum atomic E-state index is -0.0670. The lowest BCUT2D eigenvalue weighted by molar-refractivity contribution is -0.121. The van der Waals surface area contributed by atoms with E-state index in [1.807, 2.05) is 45.0 Å². The highest BCUT2D eigenvalue weighted by Gasteiger charge is 2.13. The van der Waals surface area contributed by atoms with Crippen LogP contribution in [-0.2, 0) is 4.79 Å². The number of nitrogens with one attached hydrogen (secondary N) is 2. The molecule has 0 unspecified atom stereocenters. The van der Waals surface area contributed by atoms with E-state index in [9.17, 15) is 4.79 Å². The molecule has 1 amide bonds. The second-order valence-corrected chi connectivity index (χ2v) is 4.57. The Labute approximate surface area is 109 Å². The smallest absolute Gasteiger partial charge is 0.234 e. The molecule has 4 nitrogen and oxygen atoms in total. The van der Waals surface area contributed by atoms with Gasteiger partial charge in [-0.2, -0.15) is 0 Å². The summed E-state index contributed by atoms with van der Waals surface area (Å²) in [5, 5.41) is 6.03. The summed E-state index contributed by atoms with van der Waals surface area (Å²) >= 11 is 0. The number of ether oxygens (including phenoxy) is 1. The van der Waals surface area contributed by atoms with Crippen molar-refractivity contribution in [3.05, 3.63) is 29.8 Å². The summed E-state index contributed by atoms with van der Waals surface area (Å²) in [7, 11) is 1.63. The van der Waals surface area contributed by atoms with Gasteiger partial charge in [-0.15, -0.1) is 0 Å². The maximum atomic E-state index is 11.7.